The van der Waals surface area contributed by atoms with Crippen molar-refractivity contribution in [1.82, 2.24) is 20.4 Å². The van der Waals surface area contributed by atoms with E-state index < -0.39 is 5.60 Å². The van der Waals surface area contributed by atoms with Crippen molar-refractivity contribution in [2.75, 3.05) is 39.3 Å². The Morgan fingerprint density at radius 1 is 1.06 bits per heavy atom. The summed E-state index contributed by atoms with van der Waals surface area (Å²) in [5.41, 5.74) is 0.834. The number of urea groups is 1. The summed E-state index contributed by atoms with van der Waals surface area (Å²) in [7, 11) is 0. The molecule has 0 bridgehead atoms. The second kappa shape index (κ2) is 9.22. The highest BCUT2D eigenvalue weighted by atomic mass is 16.6. The highest BCUT2D eigenvalue weighted by Crippen LogP contribution is 2.45. The molecule has 0 spiro atoms. The average Bonchev–Trinajstić information content (AvgIpc) is 3.13. The fourth-order valence-electron chi connectivity index (χ4n) is 4.41. The molecule has 2 aromatic rings. The minimum Gasteiger partial charge on any atom is -0.431 e. The topological polar surface area (TPSA) is 73.9 Å². The summed E-state index contributed by atoms with van der Waals surface area (Å²) >= 11 is 0. The molecule has 0 saturated carbocycles. The standard InChI is InChI=1S/C24H28N4O3/c1-2-13-25-14-15-26-22(29)27-16-17-28-21(18-27)24(31-23(28)30,19-9-5-3-6-10-19)20-11-7-4-8-12-20/h2-12,21,25H,1,13-18H2,(H,26,29). The monoisotopic (exact) mass is 420 g/mol. The van der Waals surface area contributed by atoms with Gasteiger partial charge in [0.1, 0.15) is 6.04 Å². The van der Waals surface area contributed by atoms with E-state index in [1.807, 2.05) is 60.7 Å². The number of hydrogen-bond acceptors (Lipinski definition) is 4. The molecule has 31 heavy (non-hydrogen) atoms. The zero-order chi connectivity index (χ0) is 21.7. The molecule has 7 heteroatoms. The smallest absolute Gasteiger partial charge is 0.411 e. The third-order valence-corrected chi connectivity index (χ3v) is 5.89. The van der Waals surface area contributed by atoms with Gasteiger partial charge in [-0.1, -0.05) is 66.7 Å². The fraction of sp³-hybridized carbons (Fsp3) is 0.333. The molecule has 162 valence electrons. The van der Waals surface area contributed by atoms with E-state index in [-0.39, 0.29) is 18.2 Å². The van der Waals surface area contributed by atoms with Crippen LogP contribution in [0.25, 0.3) is 0 Å². The fourth-order valence-corrected chi connectivity index (χ4v) is 4.41. The second-order valence-electron chi connectivity index (χ2n) is 7.72. The van der Waals surface area contributed by atoms with Crippen LogP contribution < -0.4 is 10.6 Å². The van der Waals surface area contributed by atoms with Gasteiger partial charge in [-0.2, -0.15) is 0 Å². The van der Waals surface area contributed by atoms with Gasteiger partial charge in [0.25, 0.3) is 0 Å². The molecule has 0 aliphatic carbocycles. The van der Waals surface area contributed by atoms with E-state index in [0.717, 1.165) is 11.1 Å². The second-order valence-corrected chi connectivity index (χ2v) is 7.72. The maximum atomic E-state index is 12.9. The molecule has 2 N–H and O–H groups in total. The van der Waals surface area contributed by atoms with Gasteiger partial charge < -0.3 is 20.3 Å². The summed E-state index contributed by atoms with van der Waals surface area (Å²) in [5.74, 6) is 0. The summed E-state index contributed by atoms with van der Waals surface area (Å²) in [6, 6.07) is 19.1. The van der Waals surface area contributed by atoms with Crippen LogP contribution in [0.15, 0.2) is 73.3 Å². The third kappa shape index (κ3) is 4.01. The molecule has 2 aliphatic rings. The quantitative estimate of drug-likeness (QED) is 0.533. The van der Waals surface area contributed by atoms with E-state index >= 15 is 0 Å². The third-order valence-electron chi connectivity index (χ3n) is 5.89. The van der Waals surface area contributed by atoms with Crippen molar-refractivity contribution < 1.29 is 14.3 Å². The Hall–Kier alpha value is -3.32. The molecule has 7 nitrogen and oxygen atoms in total. The number of fused-ring (bicyclic) bond motifs is 1. The molecule has 4 rings (SSSR count). The van der Waals surface area contributed by atoms with Gasteiger partial charge in [0.05, 0.1) is 0 Å². The number of amides is 3. The highest BCUT2D eigenvalue weighted by molar-refractivity contribution is 5.77. The number of nitrogens with one attached hydrogen (secondary N) is 2. The van der Waals surface area contributed by atoms with E-state index in [1.165, 1.54) is 0 Å². The predicted octanol–water partition coefficient (Wildman–Crippen LogP) is 2.55. The maximum Gasteiger partial charge on any atom is 0.411 e. The molecular formula is C24H28N4O3. The molecule has 2 aromatic carbocycles. The lowest BCUT2D eigenvalue weighted by atomic mass is 9.79. The van der Waals surface area contributed by atoms with Gasteiger partial charge in [0.15, 0.2) is 5.60 Å². The van der Waals surface area contributed by atoms with Gasteiger partial charge >= 0.3 is 12.1 Å². The molecule has 3 amide bonds. The lowest BCUT2D eigenvalue weighted by Gasteiger charge is -2.42. The van der Waals surface area contributed by atoms with Crippen LogP contribution >= 0.6 is 0 Å². The van der Waals surface area contributed by atoms with Crippen molar-refractivity contribution in [3.05, 3.63) is 84.4 Å². The number of carbonyl (C=O) groups is 2. The van der Waals surface area contributed by atoms with Crippen LogP contribution in [0.1, 0.15) is 11.1 Å². The Morgan fingerprint density at radius 2 is 1.71 bits per heavy atom. The van der Waals surface area contributed by atoms with Crippen LogP contribution in [0.2, 0.25) is 0 Å². The minimum absolute atomic E-state index is 0.130. The molecule has 0 aromatic heterocycles. The predicted molar refractivity (Wildman–Crippen MR) is 119 cm³/mol. The SMILES string of the molecule is C=CCNCCNC(=O)N1CCN2C(=O)OC(c3ccccc3)(c3ccccc3)C2C1. The molecule has 2 aliphatic heterocycles. The van der Waals surface area contributed by atoms with Crippen molar-refractivity contribution in [1.29, 1.82) is 0 Å². The van der Waals surface area contributed by atoms with Crippen molar-refractivity contribution >= 4 is 12.1 Å². The number of cyclic esters (lactones) is 1. The lowest BCUT2D eigenvalue weighted by molar-refractivity contribution is 0.0512. The zero-order valence-corrected chi connectivity index (χ0v) is 17.5. The average molecular weight is 421 g/mol. The summed E-state index contributed by atoms with van der Waals surface area (Å²) in [6.07, 6.45) is 1.44. The Morgan fingerprint density at radius 3 is 2.32 bits per heavy atom. The number of piperazine rings is 1. The number of hydrogen-bond donors (Lipinski definition) is 2. The largest absolute Gasteiger partial charge is 0.431 e. The zero-order valence-electron chi connectivity index (χ0n) is 17.5. The van der Waals surface area contributed by atoms with Crippen LogP contribution in [0.5, 0.6) is 0 Å². The molecule has 1 unspecified atom stereocenters. The Kier molecular flexibility index (Phi) is 6.23. The van der Waals surface area contributed by atoms with Crippen molar-refractivity contribution in [2.24, 2.45) is 0 Å². The Balaban J connectivity index is 1.60. The summed E-state index contributed by atoms with van der Waals surface area (Å²) < 4.78 is 6.13. The molecule has 0 radical (unpaired) electrons. The van der Waals surface area contributed by atoms with Crippen LogP contribution in [-0.4, -0.2) is 67.2 Å². The molecule has 2 heterocycles. The van der Waals surface area contributed by atoms with Crippen LogP contribution in [0.4, 0.5) is 9.59 Å². The molecule has 1 atom stereocenters. The van der Waals surface area contributed by atoms with Gasteiger partial charge in [-0.25, -0.2) is 9.59 Å². The van der Waals surface area contributed by atoms with Crippen LogP contribution in [-0.2, 0) is 10.3 Å². The molecule has 2 fully saturated rings. The summed E-state index contributed by atoms with van der Waals surface area (Å²) in [6.45, 7) is 6.85. The number of nitrogens with zero attached hydrogens (tertiary/aromatic N) is 2. The maximum absolute atomic E-state index is 12.9. The van der Waals surface area contributed by atoms with Crippen LogP contribution in [0, 0.1) is 0 Å². The Labute approximate surface area is 182 Å². The lowest BCUT2D eigenvalue weighted by Crippen LogP contribution is -2.60. The minimum atomic E-state index is -0.968. The highest BCUT2D eigenvalue weighted by Gasteiger charge is 2.58. The number of carbonyl (C=O) groups excluding carboxylic acids is 2. The van der Waals surface area contributed by atoms with Crippen LogP contribution in [0.3, 0.4) is 0 Å². The van der Waals surface area contributed by atoms with E-state index in [4.69, 9.17) is 4.74 Å². The van der Waals surface area contributed by atoms with Gasteiger partial charge in [-0.05, 0) is 0 Å². The van der Waals surface area contributed by atoms with E-state index in [9.17, 15) is 9.59 Å². The van der Waals surface area contributed by atoms with E-state index in [2.05, 4.69) is 17.2 Å². The Bertz CT molecular complexity index is 879. The van der Waals surface area contributed by atoms with E-state index in [1.54, 1.807) is 15.9 Å². The normalized spacial score (nSPS) is 19.5. The first kappa shape index (κ1) is 20.9. The number of rotatable bonds is 7. The van der Waals surface area contributed by atoms with Gasteiger partial charge in [-0.3, -0.25) is 4.90 Å². The summed E-state index contributed by atoms with van der Waals surface area (Å²) in [5, 5.41) is 6.12. The molecular weight excluding hydrogens is 392 g/mol. The molecule has 2 saturated heterocycles. The number of benzene rings is 2. The van der Waals surface area contributed by atoms with Crippen molar-refractivity contribution in [3.63, 3.8) is 0 Å². The summed E-state index contributed by atoms with van der Waals surface area (Å²) in [4.78, 5) is 29.2. The van der Waals surface area contributed by atoms with E-state index in [0.29, 0.717) is 39.3 Å². The first-order valence-corrected chi connectivity index (χ1v) is 10.6. The first-order chi connectivity index (χ1) is 15.2. The van der Waals surface area contributed by atoms with Crippen molar-refractivity contribution in [2.45, 2.75) is 11.6 Å². The number of ether oxygens (including phenoxy) is 1. The first-order valence-electron chi connectivity index (χ1n) is 10.6. The van der Waals surface area contributed by atoms with Crippen molar-refractivity contribution in [3.8, 4) is 0 Å². The van der Waals surface area contributed by atoms with Gasteiger partial charge in [-0.15, -0.1) is 6.58 Å². The van der Waals surface area contributed by atoms with Gasteiger partial charge in [0, 0.05) is 50.4 Å². The van der Waals surface area contributed by atoms with Gasteiger partial charge in [0.2, 0.25) is 0 Å².